The van der Waals surface area contributed by atoms with Crippen LogP contribution in [0.3, 0.4) is 0 Å². The average molecular weight is 465 g/mol. The molecule has 0 radical (unpaired) electrons. The Labute approximate surface area is 203 Å². The van der Waals surface area contributed by atoms with Crippen LogP contribution in [0, 0.1) is 0 Å². The van der Waals surface area contributed by atoms with Crippen molar-refractivity contribution >= 4 is 17.5 Å². The van der Waals surface area contributed by atoms with E-state index < -0.39 is 12.0 Å². The van der Waals surface area contributed by atoms with Crippen molar-refractivity contribution in [1.82, 2.24) is 15.3 Å². The molecule has 2 aromatic heterocycles. The molecule has 0 fully saturated rings. The zero-order valence-corrected chi connectivity index (χ0v) is 19.2. The molecular weight excluding hydrogens is 440 g/mol. The first-order valence-corrected chi connectivity index (χ1v) is 11.3. The summed E-state index contributed by atoms with van der Waals surface area (Å²) in [6, 6.07) is 21.5. The molecule has 174 valence electrons. The number of rotatable bonds is 6. The lowest BCUT2D eigenvalue weighted by molar-refractivity contribution is -0.123. The van der Waals surface area contributed by atoms with Crippen molar-refractivity contribution in [2.75, 3.05) is 12.0 Å². The first-order valence-electron chi connectivity index (χ1n) is 11.3. The molecule has 0 saturated heterocycles. The van der Waals surface area contributed by atoms with Gasteiger partial charge in [0.05, 0.1) is 19.1 Å². The summed E-state index contributed by atoms with van der Waals surface area (Å²) in [6.07, 6.45) is 6.78. The topological polar surface area (TPSA) is 84.4 Å². The number of carbonyl (C=O) groups excluding carboxylic acids is 2. The number of anilines is 1. The molecule has 3 heterocycles. The maximum atomic E-state index is 13.8. The number of hydrogen-bond donors (Lipinski definition) is 1. The van der Waals surface area contributed by atoms with Gasteiger partial charge in [0, 0.05) is 42.6 Å². The van der Waals surface area contributed by atoms with Gasteiger partial charge >= 0.3 is 0 Å². The largest absolute Gasteiger partial charge is 0.497 e. The number of pyridine rings is 2. The minimum atomic E-state index is -0.642. The number of hydrogen-bond acceptors (Lipinski definition) is 5. The fourth-order valence-electron chi connectivity index (χ4n) is 4.54. The van der Waals surface area contributed by atoms with Crippen LogP contribution >= 0.6 is 0 Å². The van der Waals surface area contributed by atoms with E-state index in [2.05, 4.69) is 15.3 Å². The number of carbonyl (C=O) groups is 2. The van der Waals surface area contributed by atoms with Gasteiger partial charge in [-0.1, -0.05) is 24.3 Å². The Hall–Kier alpha value is -4.52. The summed E-state index contributed by atoms with van der Waals surface area (Å²) in [5, 5.41) is 3.07. The van der Waals surface area contributed by atoms with Crippen LogP contribution in [0.5, 0.6) is 5.75 Å². The van der Waals surface area contributed by atoms with Gasteiger partial charge in [-0.2, -0.15) is 0 Å². The number of ether oxygens (including phenoxy) is 1. The van der Waals surface area contributed by atoms with Crippen LogP contribution < -0.4 is 15.0 Å². The predicted octanol–water partition coefficient (Wildman–Crippen LogP) is 4.29. The Kier molecular flexibility index (Phi) is 6.22. The van der Waals surface area contributed by atoms with Crippen LogP contribution in [0.2, 0.25) is 0 Å². The third-order valence-electron chi connectivity index (χ3n) is 6.21. The van der Waals surface area contributed by atoms with Crippen LogP contribution in [0.4, 0.5) is 5.69 Å². The Morgan fingerprint density at radius 2 is 1.71 bits per heavy atom. The second kappa shape index (κ2) is 9.77. The van der Waals surface area contributed by atoms with E-state index in [1.807, 2.05) is 66.7 Å². The molecule has 1 N–H and O–H groups in total. The summed E-state index contributed by atoms with van der Waals surface area (Å²) in [6.45, 7) is 0.357. The molecule has 35 heavy (non-hydrogen) atoms. The van der Waals surface area contributed by atoms with Crippen molar-refractivity contribution in [3.63, 3.8) is 0 Å². The zero-order valence-electron chi connectivity index (χ0n) is 19.2. The van der Waals surface area contributed by atoms with E-state index in [0.717, 1.165) is 11.1 Å². The van der Waals surface area contributed by atoms with Gasteiger partial charge in [-0.25, -0.2) is 0 Å². The number of fused-ring (bicyclic) bond motifs is 1. The van der Waals surface area contributed by atoms with E-state index in [-0.39, 0.29) is 11.8 Å². The summed E-state index contributed by atoms with van der Waals surface area (Å²) < 4.78 is 5.30. The third kappa shape index (κ3) is 4.36. The average Bonchev–Trinajstić information content (AvgIpc) is 2.93. The van der Waals surface area contributed by atoms with Gasteiger partial charge in [0.2, 0.25) is 5.91 Å². The Morgan fingerprint density at radius 3 is 2.43 bits per heavy atom. The van der Waals surface area contributed by atoms with Crippen molar-refractivity contribution in [2.45, 2.75) is 18.5 Å². The summed E-state index contributed by atoms with van der Waals surface area (Å²) in [5.41, 5.74) is 3.59. The molecule has 0 unspecified atom stereocenters. The molecule has 7 nitrogen and oxygen atoms in total. The van der Waals surface area contributed by atoms with Gasteiger partial charge in [0.1, 0.15) is 5.75 Å². The summed E-state index contributed by atoms with van der Waals surface area (Å²) in [4.78, 5) is 37.6. The molecule has 2 aromatic carbocycles. The number of aromatic nitrogens is 2. The predicted molar refractivity (Wildman–Crippen MR) is 132 cm³/mol. The van der Waals surface area contributed by atoms with E-state index in [0.29, 0.717) is 29.1 Å². The minimum absolute atomic E-state index is 0.169. The third-order valence-corrected chi connectivity index (χ3v) is 6.21. The lowest BCUT2D eigenvalue weighted by atomic mass is 9.79. The van der Waals surface area contributed by atoms with Gasteiger partial charge in [-0.3, -0.25) is 24.5 Å². The number of nitrogens with zero attached hydrogens (tertiary/aromatic N) is 3. The fourth-order valence-corrected chi connectivity index (χ4v) is 4.54. The quantitative estimate of drug-likeness (QED) is 0.460. The molecule has 0 bridgehead atoms. The molecule has 2 atom stereocenters. The van der Waals surface area contributed by atoms with Crippen LogP contribution in [0.25, 0.3) is 0 Å². The highest BCUT2D eigenvalue weighted by Crippen LogP contribution is 2.45. The van der Waals surface area contributed by atoms with E-state index in [1.54, 1.807) is 42.9 Å². The molecule has 1 aliphatic heterocycles. The first kappa shape index (κ1) is 22.3. The van der Waals surface area contributed by atoms with Crippen LogP contribution in [-0.4, -0.2) is 28.9 Å². The number of benzene rings is 2. The van der Waals surface area contributed by atoms with Gasteiger partial charge in [0.25, 0.3) is 5.91 Å². The molecule has 1 aliphatic rings. The van der Waals surface area contributed by atoms with E-state index in [4.69, 9.17) is 4.74 Å². The molecule has 7 heteroatoms. The van der Waals surface area contributed by atoms with Crippen molar-refractivity contribution in [1.29, 1.82) is 0 Å². The summed E-state index contributed by atoms with van der Waals surface area (Å²) in [7, 11) is 1.60. The van der Waals surface area contributed by atoms with Gasteiger partial charge in [0.15, 0.2) is 0 Å². The molecule has 0 spiro atoms. The van der Waals surface area contributed by atoms with Crippen LogP contribution in [0.15, 0.2) is 97.6 Å². The number of amides is 2. The normalized spacial score (nSPS) is 16.9. The molecule has 4 aromatic rings. The number of nitrogens with one attached hydrogen (secondary N) is 1. The summed E-state index contributed by atoms with van der Waals surface area (Å²) in [5.74, 6) is -0.299. The number of methoxy groups -OCH3 is 1. The highest BCUT2D eigenvalue weighted by Gasteiger charge is 2.44. The van der Waals surface area contributed by atoms with Crippen LogP contribution in [0.1, 0.15) is 39.0 Å². The van der Waals surface area contributed by atoms with Crippen molar-refractivity contribution in [3.05, 3.63) is 120 Å². The SMILES string of the molecule is COc1ccc(N2C(=O)c3ccccc3[C@@H](C(=O)NCc3ccncc3)[C@H]2c2cccnc2)cc1. The highest BCUT2D eigenvalue weighted by atomic mass is 16.5. The molecular formula is C28H24N4O3. The first-order chi connectivity index (χ1) is 17.2. The lowest BCUT2D eigenvalue weighted by Gasteiger charge is -2.41. The smallest absolute Gasteiger partial charge is 0.259 e. The summed E-state index contributed by atoms with van der Waals surface area (Å²) >= 11 is 0. The van der Waals surface area contributed by atoms with E-state index in [1.165, 1.54) is 0 Å². The Bertz CT molecular complexity index is 1330. The molecule has 5 rings (SSSR count). The van der Waals surface area contributed by atoms with Crippen LogP contribution in [-0.2, 0) is 11.3 Å². The second-order valence-electron chi connectivity index (χ2n) is 8.24. The standard InChI is InChI=1S/C28H24N4O3/c1-35-22-10-8-21(9-11-22)32-26(20-5-4-14-30-18-20)25(23-6-2-3-7-24(23)28(32)34)27(33)31-17-19-12-15-29-16-13-19/h2-16,18,25-26H,17H2,1H3,(H,31,33)/t25-,26-/m1/s1. The molecule has 0 aliphatic carbocycles. The van der Waals surface area contributed by atoms with Crippen molar-refractivity contribution < 1.29 is 14.3 Å². The zero-order chi connectivity index (χ0) is 24.2. The Morgan fingerprint density at radius 1 is 0.943 bits per heavy atom. The Balaban J connectivity index is 1.62. The monoisotopic (exact) mass is 464 g/mol. The lowest BCUT2D eigenvalue weighted by Crippen LogP contribution is -2.47. The fraction of sp³-hybridized carbons (Fsp3) is 0.143. The maximum absolute atomic E-state index is 13.8. The van der Waals surface area contributed by atoms with Gasteiger partial charge in [-0.05, 0) is 65.2 Å². The van der Waals surface area contributed by atoms with Gasteiger partial charge < -0.3 is 10.1 Å². The second-order valence-corrected chi connectivity index (χ2v) is 8.24. The molecule has 0 saturated carbocycles. The van der Waals surface area contributed by atoms with E-state index >= 15 is 0 Å². The minimum Gasteiger partial charge on any atom is -0.497 e. The maximum Gasteiger partial charge on any atom is 0.259 e. The molecule has 2 amide bonds. The highest BCUT2D eigenvalue weighted by molar-refractivity contribution is 6.11. The van der Waals surface area contributed by atoms with Gasteiger partial charge in [-0.15, -0.1) is 0 Å². The van der Waals surface area contributed by atoms with E-state index in [9.17, 15) is 9.59 Å². The van der Waals surface area contributed by atoms with Crippen molar-refractivity contribution in [3.8, 4) is 5.75 Å². The van der Waals surface area contributed by atoms with Crippen molar-refractivity contribution in [2.24, 2.45) is 0 Å².